The quantitative estimate of drug-likeness (QED) is 0.0222. The Bertz CT molecular complexity index is 1890. The highest BCUT2D eigenvalue weighted by atomic mass is 31.2. The molecule has 0 aliphatic rings. The highest BCUT2D eigenvalue weighted by Gasteiger charge is 2.30. The fourth-order valence-corrected chi connectivity index (χ4v) is 13.8. The molecule has 0 fully saturated rings. The number of aliphatic hydroxyl groups is 1. The van der Waals surface area contributed by atoms with Crippen LogP contribution in [0.25, 0.3) is 0 Å². The predicted molar refractivity (Wildman–Crippen MR) is 400 cm³/mol. The van der Waals surface area contributed by atoms with Crippen LogP contribution in [0.3, 0.4) is 0 Å². The van der Waals surface area contributed by atoms with Gasteiger partial charge in [-0.1, -0.05) is 363 Å². The number of esters is 4. The molecule has 0 rings (SSSR count). The number of hydrogen-bond acceptors (Lipinski definition) is 15. The molecule has 0 aromatic carbocycles. The van der Waals surface area contributed by atoms with Gasteiger partial charge < -0.3 is 33.8 Å². The van der Waals surface area contributed by atoms with Crippen LogP contribution in [-0.2, 0) is 65.4 Å². The van der Waals surface area contributed by atoms with Gasteiger partial charge in [0.25, 0.3) is 0 Å². The lowest BCUT2D eigenvalue weighted by atomic mass is 10.0. The molecule has 0 saturated heterocycles. The van der Waals surface area contributed by atoms with Crippen LogP contribution >= 0.6 is 15.6 Å². The van der Waals surface area contributed by atoms with E-state index in [0.29, 0.717) is 25.7 Å². The van der Waals surface area contributed by atoms with Gasteiger partial charge in [-0.3, -0.25) is 37.3 Å². The van der Waals surface area contributed by atoms with E-state index >= 15 is 0 Å². The Kier molecular flexibility index (Phi) is 69.3. The van der Waals surface area contributed by atoms with Gasteiger partial charge in [0.05, 0.1) is 26.4 Å². The highest BCUT2D eigenvalue weighted by Crippen LogP contribution is 2.45. The van der Waals surface area contributed by atoms with E-state index in [0.717, 1.165) is 108 Å². The second-order valence-corrected chi connectivity index (χ2v) is 32.3. The van der Waals surface area contributed by atoms with Gasteiger partial charge in [-0.2, -0.15) is 0 Å². The minimum absolute atomic E-state index is 0.106. The number of carbonyl (C=O) groups is 4. The summed E-state index contributed by atoms with van der Waals surface area (Å²) in [4.78, 5) is 72.6. The lowest BCUT2D eigenvalue weighted by Crippen LogP contribution is -2.30. The Morgan fingerprint density at radius 2 is 0.469 bits per heavy atom. The fourth-order valence-electron chi connectivity index (χ4n) is 12.2. The number of rotatable bonds is 78. The van der Waals surface area contributed by atoms with E-state index in [-0.39, 0.29) is 25.7 Å². The summed E-state index contributed by atoms with van der Waals surface area (Å²) in [5.41, 5.74) is 0. The molecule has 0 radical (unpaired) electrons. The lowest BCUT2D eigenvalue weighted by molar-refractivity contribution is -0.161. The van der Waals surface area contributed by atoms with Gasteiger partial charge in [0.15, 0.2) is 12.2 Å². The summed E-state index contributed by atoms with van der Waals surface area (Å²) in [5, 5.41) is 10.6. The van der Waals surface area contributed by atoms with Crippen molar-refractivity contribution >= 4 is 39.5 Å². The van der Waals surface area contributed by atoms with E-state index in [4.69, 9.17) is 37.0 Å². The third kappa shape index (κ3) is 72.4. The molecule has 0 amide bonds. The molecule has 98 heavy (non-hydrogen) atoms. The third-order valence-corrected chi connectivity index (χ3v) is 20.4. The molecule has 2 unspecified atom stereocenters. The Morgan fingerprint density at radius 1 is 0.276 bits per heavy atom. The van der Waals surface area contributed by atoms with Gasteiger partial charge in [-0.25, -0.2) is 9.13 Å². The lowest BCUT2D eigenvalue weighted by Gasteiger charge is -2.21. The van der Waals surface area contributed by atoms with Crippen molar-refractivity contribution in [2.75, 3.05) is 39.6 Å². The molecule has 0 spiro atoms. The number of phosphoric acid groups is 2. The SMILES string of the molecule is CCCCCCCCCCCCCCCCCCCCCCC(=O)O[C@H](COC(=O)CCCCCCCCCCCCCCCCCCC(C)C)COP(=O)(O)OC[C@@H](O)COP(=O)(O)OC[C@@H](COC(=O)CCCCCCC)OC(=O)CCCCCCCCCCCCCC(C)C. The van der Waals surface area contributed by atoms with Crippen molar-refractivity contribution in [3.63, 3.8) is 0 Å². The van der Waals surface area contributed by atoms with Crippen LogP contribution in [0.1, 0.15) is 414 Å². The number of aliphatic hydroxyl groups excluding tert-OH is 1. The van der Waals surface area contributed by atoms with Gasteiger partial charge in [0.1, 0.15) is 19.3 Å². The van der Waals surface area contributed by atoms with Crippen LogP contribution in [0.2, 0.25) is 0 Å². The van der Waals surface area contributed by atoms with Gasteiger partial charge in [0.2, 0.25) is 0 Å². The van der Waals surface area contributed by atoms with Crippen LogP contribution in [0.4, 0.5) is 0 Å². The molecule has 0 bridgehead atoms. The molecule has 0 aromatic rings. The third-order valence-electron chi connectivity index (χ3n) is 18.5. The van der Waals surface area contributed by atoms with Crippen LogP contribution in [0.5, 0.6) is 0 Å². The molecular formula is C79H154O17P2. The largest absolute Gasteiger partial charge is 0.472 e. The maximum atomic E-state index is 13.1. The van der Waals surface area contributed by atoms with Crippen LogP contribution in [0.15, 0.2) is 0 Å². The first-order valence-electron chi connectivity index (χ1n) is 41.0. The van der Waals surface area contributed by atoms with E-state index in [1.165, 1.54) is 225 Å². The van der Waals surface area contributed by atoms with Gasteiger partial charge in [0, 0.05) is 25.7 Å². The zero-order valence-corrected chi connectivity index (χ0v) is 65.9. The summed E-state index contributed by atoms with van der Waals surface area (Å²) >= 11 is 0. The Hall–Kier alpha value is -1.94. The Labute approximate surface area is 600 Å². The number of phosphoric ester groups is 2. The van der Waals surface area contributed by atoms with Crippen molar-refractivity contribution in [1.29, 1.82) is 0 Å². The van der Waals surface area contributed by atoms with E-state index in [2.05, 4.69) is 41.5 Å². The van der Waals surface area contributed by atoms with Crippen molar-refractivity contribution in [1.82, 2.24) is 0 Å². The smallest absolute Gasteiger partial charge is 0.462 e. The van der Waals surface area contributed by atoms with E-state index in [1.807, 2.05) is 0 Å². The summed E-state index contributed by atoms with van der Waals surface area (Å²) in [6, 6.07) is 0. The first kappa shape index (κ1) is 96.1. The normalized spacial score (nSPS) is 13.9. The second kappa shape index (κ2) is 70.7. The molecular weight excluding hydrogens is 1280 g/mol. The van der Waals surface area contributed by atoms with Crippen LogP contribution < -0.4 is 0 Å². The maximum absolute atomic E-state index is 13.1. The summed E-state index contributed by atoms with van der Waals surface area (Å²) in [6.07, 6.45) is 60.2. The Morgan fingerprint density at radius 3 is 0.694 bits per heavy atom. The van der Waals surface area contributed by atoms with Crippen LogP contribution in [-0.4, -0.2) is 96.7 Å². The van der Waals surface area contributed by atoms with Crippen molar-refractivity contribution in [2.24, 2.45) is 11.8 Å². The molecule has 19 heteroatoms. The fraction of sp³-hybridized carbons (Fsp3) is 0.949. The number of hydrogen-bond donors (Lipinski definition) is 3. The van der Waals surface area contributed by atoms with Gasteiger partial charge in [-0.15, -0.1) is 0 Å². The second-order valence-electron chi connectivity index (χ2n) is 29.4. The molecule has 0 aliphatic carbocycles. The molecule has 0 aromatic heterocycles. The monoisotopic (exact) mass is 1440 g/mol. The summed E-state index contributed by atoms with van der Waals surface area (Å²) in [6.45, 7) is 9.56. The maximum Gasteiger partial charge on any atom is 0.472 e. The topological polar surface area (TPSA) is 237 Å². The molecule has 17 nitrogen and oxygen atoms in total. The molecule has 5 atom stereocenters. The average molecular weight is 1440 g/mol. The van der Waals surface area contributed by atoms with E-state index in [1.54, 1.807) is 0 Å². The predicted octanol–water partition coefficient (Wildman–Crippen LogP) is 23.5. The summed E-state index contributed by atoms with van der Waals surface area (Å²) in [7, 11) is -9.91. The van der Waals surface area contributed by atoms with E-state index < -0.39 is 97.5 Å². The average Bonchev–Trinajstić information content (AvgIpc) is 1.31. The van der Waals surface area contributed by atoms with Crippen molar-refractivity contribution in [3.05, 3.63) is 0 Å². The van der Waals surface area contributed by atoms with Crippen molar-refractivity contribution in [2.45, 2.75) is 432 Å². The van der Waals surface area contributed by atoms with Gasteiger partial charge in [-0.05, 0) is 37.5 Å². The number of carbonyl (C=O) groups excluding carboxylic acids is 4. The Balaban J connectivity index is 5.13. The minimum Gasteiger partial charge on any atom is -0.462 e. The molecule has 582 valence electrons. The van der Waals surface area contributed by atoms with Crippen molar-refractivity contribution in [3.8, 4) is 0 Å². The van der Waals surface area contributed by atoms with E-state index in [9.17, 15) is 43.2 Å². The minimum atomic E-state index is -4.96. The first-order valence-corrected chi connectivity index (χ1v) is 44.0. The van der Waals surface area contributed by atoms with Crippen LogP contribution in [0, 0.1) is 11.8 Å². The zero-order valence-electron chi connectivity index (χ0n) is 64.1. The summed E-state index contributed by atoms with van der Waals surface area (Å²) in [5.74, 6) is -0.545. The highest BCUT2D eigenvalue weighted by molar-refractivity contribution is 7.47. The molecule has 0 saturated carbocycles. The van der Waals surface area contributed by atoms with Crippen molar-refractivity contribution < 1.29 is 80.2 Å². The summed E-state index contributed by atoms with van der Waals surface area (Å²) < 4.78 is 68.4. The number of ether oxygens (including phenoxy) is 4. The van der Waals surface area contributed by atoms with Gasteiger partial charge >= 0.3 is 39.5 Å². The molecule has 0 aliphatic heterocycles. The molecule has 3 N–H and O–H groups in total. The standard InChI is InChI=1S/C79H154O17P2/c1-7-9-11-13-14-15-16-17-18-19-20-21-22-27-30-35-40-45-51-57-63-79(84)96-75(68-90-77(82)62-56-50-44-39-34-29-26-24-23-25-28-32-37-42-48-53-59-71(3)4)70-94-98(87,88)92-66-73(80)65-91-97(85,86)93-69-74(67-89-76(81)61-55-47-12-10-8-2)95-78(83)64-58-52-46-41-36-31-33-38-43-49-54-60-72(5)6/h71-75,80H,7-70H2,1-6H3,(H,85,86)(H,87,88)/t73-,74+,75+/m0/s1. The number of unbranched alkanes of at least 4 members (excludes halogenated alkanes) is 48. The first-order chi connectivity index (χ1) is 47.4. The molecule has 0 heterocycles. The zero-order chi connectivity index (χ0) is 72.1.